The summed E-state index contributed by atoms with van der Waals surface area (Å²) in [5.74, 6) is 0.231. The second-order valence-electron chi connectivity index (χ2n) is 3.58. The van der Waals surface area contributed by atoms with Crippen LogP contribution in [0.15, 0.2) is 12.1 Å². The average Bonchev–Trinajstić information content (AvgIpc) is 1.97. The SMILES string of the molecule is Cc1ccc(C)c(C(C)C)c1F. The highest BCUT2D eigenvalue weighted by Gasteiger charge is 2.11. The lowest BCUT2D eigenvalue weighted by molar-refractivity contribution is 0.587. The van der Waals surface area contributed by atoms with Crippen molar-refractivity contribution >= 4 is 0 Å². The Kier molecular flexibility index (Phi) is 2.51. The van der Waals surface area contributed by atoms with E-state index in [-0.39, 0.29) is 11.7 Å². The Labute approximate surface area is 73.4 Å². The monoisotopic (exact) mass is 166 g/mol. The zero-order valence-electron chi connectivity index (χ0n) is 8.11. The maximum atomic E-state index is 13.5. The number of benzene rings is 1. The van der Waals surface area contributed by atoms with Gasteiger partial charge in [0.25, 0.3) is 0 Å². The molecule has 0 atom stereocenters. The molecule has 0 aliphatic heterocycles. The van der Waals surface area contributed by atoms with E-state index in [1.54, 1.807) is 6.92 Å². The minimum atomic E-state index is -0.0370. The predicted molar refractivity (Wildman–Crippen MR) is 50.0 cm³/mol. The first kappa shape index (κ1) is 9.24. The van der Waals surface area contributed by atoms with E-state index in [0.29, 0.717) is 0 Å². The van der Waals surface area contributed by atoms with Crippen molar-refractivity contribution in [1.82, 2.24) is 0 Å². The van der Waals surface area contributed by atoms with Crippen LogP contribution in [0.3, 0.4) is 0 Å². The van der Waals surface area contributed by atoms with Gasteiger partial charge in [0.05, 0.1) is 0 Å². The zero-order chi connectivity index (χ0) is 9.30. The van der Waals surface area contributed by atoms with Crippen LogP contribution in [0.4, 0.5) is 4.39 Å². The zero-order valence-corrected chi connectivity index (χ0v) is 8.11. The molecule has 0 amide bonds. The van der Waals surface area contributed by atoms with E-state index in [1.165, 1.54) is 0 Å². The maximum Gasteiger partial charge on any atom is 0.129 e. The van der Waals surface area contributed by atoms with Crippen LogP contribution in [0.25, 0.3) is 0 Å². The molecule has 1 heteroatoms. The first-order valence-corrected chi connectivity index (χ1v) is 4.29. The van der Waals surface area contributed by atoms with Gasteiger partial charge in [0.15, 0.2) is 0 Å². The Bertz CT molecular complexity index is 287. The summed E-state index contributed by atoms with van der Waals surface area (Å²) in [7, 11) is 0. The summed E-state index contributed by atoms with van der Waals surface area (Å²) in [6, 6.07) is 3.81. The molecule has 0 aromatic heterocycles. The number of hydrogen-bond donors (Lipinski definition) is 0. The Morgan fingerprint density at radius 2 is 1.58 bits per heavy atom. The van der Waals surface area contributed by atoms with Gasteiger partial charge in [-0.2, -0.15) is 0 Å². The highest BCUT2D eigenvalue weighted by molar-refractivity contribution is 5.34. The van der Waals surface area contributed by atoms with E-state index >= 15 is 0 Å². The van der Waals surface area contributed by atoms with E-state index in [9.17, 15) is 4.39 Å². The van der Waals surface area contributed by atoms with Crippen LogP contribution in [0.1, 0.15) is 36.5 Å². The van der Waals surface area contributed by atoms with Crippen molar-refractivity contribution in [2.45, 2.75) is 33.6 Å². The third-order valence-electron chi connectivity index (χ3n) is 2.17. The summed E-state index contributed by atoms with van der Waals surface area (Å²) in [4.78, 5) is 0. The first-order valence-electron chi connectivity index (χ1n) is 4.29. The molecule has 1 aromatic carbocycles. The fraction of sp³-hybridized carbons (Fsp3) is 0.455. The van der Waals surface area contributed by atoms with Crippen LogP contribution < -0.4 is 0 Å². The Balaban J connectivity index is 3.33. The van der Waals surface area contributed by atoms with Crippen molar-refractivity contribution < 1.29 is 4.39 Å². The summed E-state index contributed by atoms with van der Waals surface area (Å²) in [6.07, 6.45) is 0. The molecular formula is C11H15F. The summed E-state index contributed by atoms with van der Waals surface area (Å²) < 4.78 is 13.5. The molecule has 0 unspecified atom stereocenters. The fourth-order valence-electron chi connectivity index (χ4n) is 1.51. The topological polar surface area (TPSA) is 0 Å². The van der Waals surface area contributed by atoms with E-state index in [0.717, 1.165) is 16.7 Å². The van der Waals surface area contributed by atoms with Gasteiger partial charge in [0, 0.05) is 0 Å². The lowest BCUT2D eigenvalue weighted by atomic mass is 9.95. The highest BCUT2D eigenvalue weighted by Crippen LogP contribution is 2.24. The number of rotatable bonds is 1. The standard InChI is InChI=1S/C11H15F/c1-7(2)10-8(3)5-6-9(4)11(10)12/h5-7H,1-4H3. The molecule has 0 aliphatic rings. The molecule has 0 saturated carbocycles. The summed E-state index contributed by atoms with van der Waals surface area (Å²) >= 11 is 0. The fourth-order valence-corrected chi connectivity index (χ4v) is 1.51. The summed E-state index contributed by atoms with van der Waals surface area (Å²) in [5.41, 5.74) is 2.65. The second-order valence-corrected chi connectivity index (χ2v) is 3.58. The molecule has 66 valence electrons. The second kappa shape index (κ2) is 3.26. The minimum Gasteiger partial charge on any atom is -0.206 e. The first-order chi connectivity index (χ1) is 5.54. The Morgan fingerprint density at radius 3 is 2.00 bits per heavy atom. The van der Waals surface area contributed by atoms with Crippen LogP contribution in [-0.2, 0) is 0 Å². The van der Waals surface area contributed by atoms with Gasteiger partial charge in [-0.1, -0.05) is 26.0 Å². The molecule has 0 nitrogen and oxygen atoms in total. The Morgan fingerprint density at radius 1 is 1.08 bits per heavy atom. The van der Waals surface area contributed by atoms with Gasteiger partial charge in [-0.15, -0.1) is 0 Å². The molecule has 0 heterocycles. The maximum absolute atomic E-state index is 13.5. The normalized spacial score (nSPS) is 10.8. The molecule has 0 fully saturated rings. The van der Waals surface area contributed by atoms with E-state index in [4.69, 9.17) is 0 Å². The van der Waals surface area contributed by atoms with Gasteiger partial charge in [-0.3, -0.25) is 0 Å². The third kappa shape index (κ3) is 1.50. The van der Waals surface area contributed by atoms with E-state index in [2.05, 4.69) is 0 Å². The van der Waals surface area contributed by atoms with Gasteiger partial charge in [-0.05, 0) is 36.5 Å². The van der Waals surface area contributed by atoms with Crippen molar-refractivity contribution in [3.05, 3.63) is 34.6 Å². The van der Waals surface area contributed by atoms with Crippen molar-refractivity contribution in [3.63, 3.8) is 0 Å². The van der Waals surface area contributed by atoms with E-state index < -0.39 is 0 Å². The van der Waals surface area contributed by atoms with Gasteiger partial charge >= 0.3 is 0 Å². The summed E-state index contributed by atoms with van der Waals surface area (Å²) in [6.45, 7) is 7.80. The number of halogens is 1. The molecule has 0 spiro atoms. The van der Waals surface area contributed by atoms with Gasteiger partial charge in [0.2, 0.25) is 0 Å². The molecule has 0 radical (unpaired) electrons. The van der Waals surface area contributed by atoms with Crippen LogP contribution in [0.2, 0.25) is 0 Å². The molecule has 0 bridgehead atoms. The van der Waals surface area contributed by atoms with Gasteiger partial charge < -0.3 is 0 Å². The van der Waals surface area contributed by atoms with Crippen LogP contribution in [-0.4, -0.2) is 0 Å². The minimum absolute atomic E-state index is 0.0370. The molecule has 1 rings (SSSR count). The molecule has 1 aromatic rings. The molecule has 0 saturated heterocycles. The Hall–Kier alpha value is -0.850. The average molecular weight is 166 g/mol. The lowest BCUT2D eigenvalue weighted by Crippen LogP contribution is -1.98. The smallest absolute Gasteiger partial charge is 0.129 e. The largest absolute Gasteiger partial charge is 0.206 e. The van der Waals surface area contributed by atoms with Crippen molar-refractivity contribution in [2.75, 3.05) is 0 Å². The molecule has 0 N–H and O–H groups in total. The van der Waals surface area contributed by atoms with Crippen molar-refractivity contribution in [2.24, 2.45) is 0 Å². The number of aryl methyl sites for hydroxylation is 2. The van der Waals surface area contributed by atoms with E-state index in [1.807, 2.05) is 32.9 Å². The summed E-state index contributed by atoms with van der Waals surface area (Å²) in [5, 5.41) is 0. The molecule has 0 aliphatic carbocycles. The third-order valence-corrected chi connectivity index (χ3v) is 2.17. The van der Waals surface area contributed by atoms with Gasteiger partial charge in [-0.25, -0.2) is 4.39 Å². The van der Waals surface area contributed by atoms with Crippen LogP contribution >= 0.6 is 0 Å². The van der Waals surface area contributed by atoms with Gasteiger partial charge in [0.1, 0.15) is 5.82 Å². The van der Waals surface area contributed by atoms with Crippen molar-refractivity contribution in [1.29, 1.82) is 0 Å². The van der Waals surface area contributed by atoms with Crippen molar-refractivity contribution in [3.8, 4) is 0 Å². The lowest BCUT2D eigenvalue weighted by Gasteiger charge is -2.12. The number of hydrogen-bond acceptors (Lipinski definition) is 0. The predicted octanol–water partition coefficient (Wildman–Crippen LogP) is 3.57. The molecular weight excluding hydrogens is 151 g/mol. The molecule has 12 heavy (non-hydrogen) atoms. The quantitative estimate of drug-likeness (QED) is 0.598. The van der Waals surface area contributed by atoms with Crippen LogP contribution in [0.5, 0.6) is 0 Å². The van der Waals surface area contributed by atoms with Crippen LogP contribution in [0, 0.1) is 19.7 Å². The highest BCUT2D eigenvalue weighted by atomic mass is 19.1.